The molecule has 0 atom stereocenters. The zero-order valence-corrected chi connectivity index (χ0v) is 13.3. The molecule has 0 spiro atoms. The predicted octanol–water partition coefficient (Wildman–Crippen LogP) is 0.901. The molecule has 1 heterocycles. The van der Waals surface area contributed by atoms with E-state index in [4.69, 9.17) is 10.5 Å². The molecular formula is C15H25N5O3. The molecule has 8 heteroatoms. The van der Waals surface area contributed by atoms with Crippen LogP contribution in [-0.4, -0.2) is 62.3 Å². The number of nitrogens with zero attached hydrogens (tertiary/aromatic N) is 2. The van der Waals surface area contributed by atoms with E-state index in [0.717, 1.165) is 52.4 Å². The van der Waals surface area contributed by atoms with Crippen LogP contribution in [-0.2, 0) is 4.74 Å². The van der Waals surface area contributed by atoms with E-state index in [-0.39, 0.29) is 5.69 Å². The minimum atomic E-state index is -0.422. The maximum Gasteiger partial charge on any atom is 0.294 e. The zero-order chi connectivity index (χ0) is 16.5. The normalized spacial score (nSPS) is 15.5. The molecule has 8 nitrogen and oxygen atoms in total. The lowest BCUT2D eigenvalue weighted by molar-refractivity contribution is -0.383. The van der Waals surface area contributed by atoms with E-state index < -0.39 is 4.92 Å². The van der Waals surface area contributed by atoms with Crippen LogP contribution in [0.3, 0.4) is 0 Å². The van der Waals surface area contributed by atoms with Crippen molar-refractivity contribution in [1.29, 1.82) is 0 Å². The number of nitro benzene ring substituents is 1. The van der Waals surface area contributed by atoms with E-state index in [9.17, 15) is 10.1 Å². The van der Waals surface area contributed by atoms with Crippen LogP contribution in [0, 0.1) is 10.1 Å². The number of benzene rings is 1. The monoisotopic (exact) mass is 323 g/mol. The Labute approximate surface area is 136 Å². The summed E-state index contributed by atoms with van der Waals surface area (Å²) in [5.74, 6) is 0. The second-order valence-electron chi connectivity index (χ2n) is 5.52. The average molecular weight is 323 g/mol. The number of nitrogen functional groups attached to an aromatic ring is 1. The summed E-state index contributed by atoms with van der Waals surface area (Å²) in [6.07, 6.45) is 1.09. The van der Waals surface area contributed by atoms with Crippen LogP contribution >= 0.6 is 0 Å². The Kier molecular flexibility index (Phi) is 7.05. The van der Waals surface area contributed by atoms with Crippen LogP contribution in [0.5, 0.6) is 0 Å². The molecule has 0 saturated carbocycles. The number of morpholine rings is 1. The second kappa shape index (κ2) is 9.29. The van der Waals surface area contributed by atoms with Gasteiger partial charge in [-0.3, -0.25) is 15.0 Å². The first-order chi connectivity index (χ1) is 11.2. The molecule has 1 saturated heterocycles. The SMILES string of the molecule is Nc1ccc(NCCNCCCN2CCOCC2)c([N+](=O)[O-])c1. The van der Waals surface area contributed by atoms with Crippen LogP contribution < -0.4 is 16.4 Å². The van der Waals surface area contributed by atoms with Gasteiger partial charge in [0.1, 0.15) is 5.69 Å². The number of nitro groups is 1. The summed E-state index contributed by atoms with van der Waals surface area (Å²) in [6.45, 7) is 7.09. The van der Waals surface area contributed by atoms with Crippen molar-refractivity contribution >= 4 is 17.1 Å². The maximum absolute atomic E-state index is 11.0. The minimum Gasteiger partial charge on any atom is -0.399 e. The fourth-order valence-corrected chi connectivity index (χ4v) is 2.51. The summed E-state index contributed by atoms with van der Waals surface area (Å²) in [5, 5.41) is 17.4. The number of hydrogen-bond acceptors (Lipinski definition) is 7. The molecule has 0 aliphatic carbocycles. The number of rotatable bonds is 9. The van der Waals surface area contributed by atoms with Crippen molar-refractivity contribution in [3.63, 3.8) is 0 Å². The van der Waals surface area contributed by atoms with Gasteiger partial charge in [0.25, 0.3) is 5.69 Å². The first-order valence-corrected chi connectivity index (χ1v) is 7.95. The molecule has 23 heavy (non-hydrogen) atoms. The Hall–Kier alpha value is -1.90. The van der Waals surface area contributed by atoms with Crippen molar-refractivity contribution in [3.05, 3.63) is 28.3 Å². The van der Waals surface area contributed by atoms with E-state index in [2.05, 4.69) is 15.5 Å². The maximum atomic E-state index is 11.0. The standard InChI is InChI=1S/C15H25N5O3/c16-13-2-3-14(15(12-13)20(21)22)18-6-5-17-4-1-7-19-8-10-23-11-9-19/h2-3,12,17-18H,1,4-11,16H2. The minimum absolute atomic E-state index is 0.0114. The van der Waals surface area contributed by atoms with Gasteiger partial charge in [0.2, 0.25) is 0 Å². The van der Waals surface area contributed by atoms with Crippen LogP contribution in [0.2, 0.25) is 0 Å². The second-order valence-corrected chi connectivity index (χ2v) is 5.52. The predicted molar refractivity (Wildman–Crippen MR) is 90.7 cm³/mol. The molecule has 1 aliphatic rings. The average Bonchev–Trinajstić information content (AvgIpc) is 2.56. The van der Waals surface area contributed by atoms with Crippen molar-refractivity contribution in [3.8, 4) is 0 Å². The fraction of sp³-hybridized carbons (Fsp3) is 0.600. The lowest BCUT2D eigenvalue weighted by atomic mass is 10.2. The number of nitrogens with one attached hydrogen (secondary N) is 2. The number of hydrogen-bond donors (Lipinski definition) is 3. The first kappa shape index (κ1) is 17.5. The van der Waals surface area contributed by atoms with Crippen LogP contribution in [0.15, 0.2) is 18.2 Å². The highest BCUT2D eigenvalue weighted by molar-refractivity contribution is 5.66. The zero-order valence-electron chi connectivity index (χ0n) is 13.3. The molecule has 0 amide bonds. The van der Waals surface area contributed by atoms with Crippen LogP contribution in [0.4, 0.5) is 17.1 Å². The Morgan fingerprint density at radius 1 is 1.26 bits per heavy atom. The quantitative estimate of drug-likeness (QED) is 0.268. The van der Waals surface area contributed by atoms with Gasteiger partial charge in [-0.15, -0.1) is 0 Å². The number of ether oxygens (including phenoxy) is 1. The van der Waals surface area contributed by atoms with E-state index in [1.165, 1.54) is 6.07 Å². The number of nitrogens with two attached hydrogens (primary N) is 1. The van der Waals surface area contributed by atoms with Gasteiger partial charge in [-0.2, -0.15) is 0 Å². The summed E-state index contributed by atoms with van der Waals surface area (Å²) < 4.78 is 5.31. The first-order valence-electron chi connectivity index (χ1n) is 7.95. The van der Waals surface area contributed by atoms with Gasteiger partial charge < -0.3 is 21.1 Å². The van der Waals surface area contributed by atoms with Gasteiger partial charge in [0.15, 0.2) is 0 Å². The van der Waals surface area contributed by atoms with E-state index >= 15 is 0 Å². The summed E-state index contributed by atoms with van der Waals surface area (Å²) in [4.78, 5) is 13.0. The third-order valence-electron chi connectivity index (χ3n) is 3.77. The van der Waals surface area contributed by atoms with Crippen molar-refractivity contribution < 1.29 is 9.66 Å². The number of anilines is 2. The summed E-state index contributed by atoms with van der Waals surface area (Å²) in [7, 11) is 0. The molecule has 1 aromatic rings. The highest BCUT2D eigenvalue weighted by atomic mass is 16.6. The molecule has 0 unspecified atom stereocenters. The smallest absolute Gasteiger partial charge is 0.294 e. The Morgan fingerprint density at radius 3 is 2.78 bits per heavy atom. The van der Waals surface area contributed by atoms with Crippen molar-refractivity contribution in [2.45, 2.75) is 6.42 Å². The lowest BCUT2D eigenvalue weighted by Gasteiger charge is -2.26. The van der Waals surface area contributed by atoms with Gasteiger partial charge in [-0.1, -0.05) is 0 Å². The molecule has 0 aromatic heterocycles. The topological polar surface area (TPSA) is 106 Å². The Bertz CT molecular complexity index is 506. The third kappa shape index (κ3) is 6.01. The molecule has 4 N–H and O–H groups in total. The van der Waals surface area contributed by atoms with E-state index in [0.29, 0.717) is 17.9 Å². The van der Waals surface area contributed by atoms with Crippen LogP contribution in [0.25, 0.3) is 0 Å². The molecule has 0 radical (unpaired) electrons. The molecule has 1 aliphatic heterocycles. The molecule has 0 bridgehead atoms. The highest BCUT2D eigenvalue weighted by Gasteiger charge is 2.13. The lowest BCUT2D eigenvalue weighted by Crippen LogP contribution is -2.38. The van der Waals surface area contributed by atoms with Crippen molar-refractivity contribution in [2.24, 2.45) is 0 Å². The van der Waals surface area contributed by atoms with E-state index in [1.54, 1.807) is 12.1 Å². The summed E-state index contributed by atoms with van der Waals surface area (Å²) >= 11 is 0. The van der Waals surface area contributed by atoms with E-state index in [1.807, 2.05) is 0 Å². The van der Waals surface area contributed by atoms with Crippen molar-refractivity contribution in [1.82, 2.24) is 10.2 Å². The fourth-order valence-electron chi connectivity index (χ4n) is 2.51. The van der Waals surface area contributed by atoms with Gasteiger partial charge >= 0.3 is 0 Å². The van der Waals surface area contributed by atoms with Gasteiger partial charge in [0, 0.05) is 37.9 Å². The highest BCUT2D eigenvalue weighted by Crippen LogP contribution is 2.26. The third-order valence-corrected chi connectivity index (χ3v) is 3.77. The molecule has 1 aromatic carbocycles. The van der Waals surface area contributed by atoms with Crippen molar-refractivity contribution in [2.75, 3.05) is 63.5 Å². The van der Waals surface area contributed by atoms with Gasteiger partial charge in [-0.25, -0.2) is 0 Å². The largest absolute Gasteiger partial charge is 0.399 e. The molecule has 128 valence electrons. The molecular weight excluding hydrogens is 298 g/mol. The van der Waals surface area contributed by atoms with Crippen LogP contribution in [0.1, 0.15) is 6.42 Å². The Morgan fingerprint density at radius 2 is 2.04 bits per heavy atom. The molecule has 1 fully saturated rings. The van der Waals surface area contributed by atoms with Gasteiger partial charge in [0.05, 0.1) is 18.1 Å². The Balaban J connectivity index is 1.59. The summed E-state index contributed by atoms with van der Waals surface area (Å²) in [5.41, 5.74) is 6.48. The summed E-state index contributed by atoms with van der Waals surface area (Å²) in [6, 6.07) is 4.68. The van der Waals surface area contributed by atoms with Gasteiger partial charge in [-0.05, 0) is 31.6 Å². The molecule has 2 rings (SSSR count).